The number of aliphatic hydroxyl groups excluding tert-OH is 12. The van der Waals surface area contributed by atoms with Crippen LogP contribution in [0.1, 0.15) is 0 Å². The van der Waals surface area contributed by atoms with Crippen LogP contribution < -0.4 is 0 Å². The first-order chi connectivity index (χ1) is 18.5. The molecule has 0 unspecified atom stereocenters. The van der Waals surface area contributed by atoms with Gasteiger partial charge in [0.2, 0.25) is 0 Å². The Morgan fingerprint density at radius 1 is 0.513 bits per heavy atom. The van der Waals surface area contributed by atoms with Gasteiger partial charge in [-0.15, -0.1) is 0 Å². The Morgan fingerprint density at radius 2 is 1.00 bits per heavy atom. The van der Waals surface area contributed by atoms with Crippen LogP contribution in [-0.4, -0.2) is 193 Å². The van der Waals surface area contributed by atoms with Crippen molar-refractivity contribution in [2.24, 2.45) is 0 Å². The van der Waals surface area contributed by atoms with Crippen LogP contribution in [0.3, 0.4) is 0 Å². The second-order valence-corrected chi connectivity index (χ2v) is 9.48. The predicted molar refractivity (Wildman–Crippen MR) is 118 cm³/mol. The number of aliphatic hydroxyl groups is 12. The van der Waals surface area contributed by atoms with Gasteiger partial charge in [0.25, 0.3) is 0 Å². The molecule has 0 radical (unpaired) electrons. The minimum atomic E-state index is -1.96. The maximum atomic E-state index is 10.7. The maximum Gasteiger partial charge on any atom is 0.187 e. The van der Waals surface area contributed by atoms with Gasteiger partial charge in [0.1, 0.15) is 79.4 Å². The second kappa shape index (κ2) is 14.4. The smallest absolute Gasteiger partial charge is 0.187 e. The van der Waals surface area contributed by atoms with Gasteiger partial charge in [0, 0.05) is 0 Å². The van der Waals surface area contributed by atoms with E-state index < -0.39 is 131 Å². The van der Waals surface area contributed by atoms with Gasteiger partial charge in [-0.3, -0.25) is 0 Å². The lowest BCUT2D eigenvalue weighted by Gasteiger charge is -2.48. The van der Waals surface area contributed by atoms with E-state index in [-0.39, 0.29) is 0 Å². The molecule has 18 nitrogen and oxygen atoms in total. The lowest BCUT2D eigenvalue weighted by atomic mass is 9.96. The van der Waals surface area contributed by atoms with Crippen LogP contribution in [0.2, 0.25) is 0 Å². The summed E-state index contributed by atoms with van der Waals surface area (Å²) in [7, 11) is 0. The molecule has 3 rings (SSSR count). The molecule has 3 aliphatic rings. The predicted octanol–water partition coefficient (Wildman–Crippen LogP) is -8.20. The van der Waals surface area contributed by atoms with Crippen LogP contribution in [0, 0.1) is 0 Å². The SMILES string of the molecule is OC[C@@H](O)CO[C@H]1O[C@H](CO)[C@H](O)[C@H](O[C@@H]2O[C@H](CO)[C@H](O[C@H]3O[C@H](CO)[C@@H](O)[C@H](O)[C@@H]3O)[C@H](O)[C@H]2O)[C@H]1O. The van der Waals surface area contributed by atoms with E-state index in [1.165, 1.54) is 0 Å². The van der Waals surface area contributed by atoms with Gasteiger partial charge < -0.3 is 89.7 Å². The van der Waals surface area contributed by atoms with E-state index in [4.69, 9.17) is 33.5 Å². The number of ether oxygens (including phenoxy) is 6. The summed E-state index contributed by atoms with van der Waals surface area (Å²) < 4.78 is 32.1. The van der Waals surface area contributed by atoms with Crippen molar-refractivity contribution in [1.82, 2.24) is 0 Å². The Kier molecular flexibility index (Phi) is 12.1. The zero-order valence-corrected chi connectivity index (χ0v) is 20.6. The van der Waals surface area contributed by atoms with E-state index in [1.54, 1.807) is 0 Å². The van der Waals surface area contributed by atoms with Crippen molar-refractivity contribution in [2.75, 3.05) is 33.0 Å². The van der Waals surface area contributed by atoms with E-state index >= 15 is 0 Å². The van der Waals surface area contributed by atoms with Crippen molar-refractivity contribution in [2.45, 2.75) is 98.2 Å². The summed E-state index contributed by atoms with van der Waals surface area (Å²) in [4.78, 5) is 0. The molecular formula is C21H38O18. The molecule has 0 aliphatic carbocycles. The molecule has 0 amide bonds. The van der Waals surface area contributed by atoms with Crippen LogP contribution in [0.4, 0.5) is 0 Å². The van der Waals surface area contributed by atoms with Crippen LogP contribution >= 0.6 is 0 Å². The minimum Gasteiger partial charge on any atom is -0.394 e. The Balaban J connectivity index is 1.71. The third kappa shape index (κ3) is 7.20. The van der Waals surface area contributed by atoms with E-state index in [1.807, 2.05) is 0 Å². The van der Waals surface area contributed by atoms with Crippen LogP contribution in [0.15, 0.2) is 0 Å². The van der Waals surface area contributed by atoms with Gasteiger partial charge in [-0.1, -0.05) is 0 Å². The van der Waals surface area contributed by atoms with E-state index in [9.17, 15) is 56.2 Å². The molecule has 0 aromatic rings. The molecule has 0 aromatic carbocycles. The van der Waals surface area contributed by atoms with Gasteiger partial charge >= 0.3 is 0 Å². The molecule has 0 aromatic heterocycles. The topological polar surface area (TPSA) is 298 Å². The highest BCUT2D eigenvalue weighted by Gasteiger charge is 2.53. The largest absolute Gasteiger partial charge is 0.394 e. The fourth-order valence-electron chi connectivity index (χ4n) is 4.43. The first kappa shape index (κ1) is 32.8. The molecule has 39 heavy (non-hydrogen) atoms. The molecule has 0 spiro atoms. The van der Waals surface area contributed by atoms with Crippen LogP contribution in [0.25, 0.3) is 0 Å². The van der Waals surface area contributed by atoms with Crippen molar-refractivity contribution in [3.63, 3.8) is 0 Å². The van der Waals surface area contributed by atoms with Gasteiger partial charge in [0.15, 0.2) is 18.9 Å². The van der Waals surface area contributed by atoms with Gasteiger partial charge in [-0.05, 0) is 0 Å². The zero-order valence-electron chi connectivity index (χ0n) is 20.6. The average Bonchev–Trinajstić information content (AvgIpc) is 2.93. The second-order valence-electron chi connectivity index (χ2n) is 9.48. The molecule has 3 fully saturated rings. The van der Waals surface area contributed by atoms with Crippen molar-refractivity contribution in [1.29, 1.82) is 0 Å². The fourth-order valence-corrected chi connectivity index (χ4v) is 4.43. The van der Waals surface area contributed by atoms with Gasteiger partial charge in [-0.25, -0.2) is 0 Å². The number of hydrogen-bond acceptors (Lipinski definition) is 18. The molecule has 12 N–H and O–H groups in total. The Morgan fingerprint density at radius 3 is 1.56 bits per heavy atom. The summed E-state index contributed by atoms with van der Waals surface area (Å²) in [6.07, 6.45) is -26.6. The van der Waals surface area contributed by atoms with Crippen molar-refractivity contribution < 1.29 is 89.7 Å². The highest BCUT2D eigenvalue weighted by atomic mass is 16.8. The van der Waals surface area contributed by atoms with Gasteiger partial charge in [-0.2, -0.15) is 0 Å². The minimum absolute atomic E-state index is 0.496. The molecular weight excluding hydrogens is 540 g/mol. The first-order valence-electron chi connectivity index (χ1n) is 12.3. The number of rotatable bonds is 11. The van der Waals surface area contributed by atoms with Crippen molar-refractivity contribution in [3.8, 4) is 0 Å². The monoisotopic (exact) mass is 578 g/mol. The highest BCUT2D eigenvalue weighted by molar-refractivity contribution is 4.96. The van der Waals surface area contributed by atoms with Gasteiger partial charge in [0.05, 0.1) is 33.0 Å². The number of hydrogen-bond donors (Lipinski definition) is 12. The summed E-state index contributed by atoms with van der Waals surface area (Å²) in [6.45, 7) is -3.53. The molecule has 3 saturated heterocycles. The standard InChI is InChI=1S/C21H38O18/c22-1-6(26)5-34-19-16(33)18(11(28)8(3-24)35-19)39-21-15(32)13(30)17(9(4-25)37-21)38-20-14(31)12(29)10(27)7(2-23)36-20/h6-33H,1-5H2/t6-,7-,8-,9-,10-,11+,12+,13-,14+,15-,16-,17+,18+,19+,20-,21+/m1/s1. The zero-order chi connectivity index (χ0) is 29.0. The first-order valence-corrected chi connectivity index (χ1v) is 12.3. The summed E-state index contributed by atoms with van der Waals surface area (Å²) in [6, 6.07) is 0. The molecule has 3 heterocycles. The normalized spacial score (nSPS) is 48.2. The van der Waals surface area contributed by atoms with Crippen molar-refractivity contribution >= 4 is 0 Å². The molecule has 0 saturated carbocycles. The third-order valence-corrected chi connectivity index (χ3v) is 6.74. The molecule has 3 aliphatic heterocycles. The molecule has 18 heteroatoms. The van der Waals surface area contributed by atoms with E-state index in [0.29, 0.717) is 0 Å². The maximum absolute atomic E-state index is 10.7. The summed E-state index contributed by atoms with van der Waals surface area (Å²) in [5, 5.41) is 120. The summed E-state index contributed by atoms with van der Waals surface area (Å²) in [5.74, 6) is 0. The summed E-state index contributed by atoms with van der Waals surface area (Å²) in [5.41, 5.74) is 0. The third-order valence-electron chi connectivity index (χ3n) is 6.74. The Hall–Kier alpha value is -0.720. The molecule has 0 bridgehead atoms. The van der Waals surface area contributed by atoms with Crippen LogP contribution in [0.5, 0.6) is 0 Å². The molecule has 16 atom stereocenters. The molecule has 230 valence electrons. The quantitative estimate of drug-likeness (QED) is 0.108. The Bertz CT molecular complexity index is 729. The lowest BCUT2D eigenvalue weighted by Crippen LogP contribution is -2.66. The Labute approximate surface area is 221 Å². The lowest BCUT2D eigenvalue weighted by molar-refractivity contribution is -0.380. The van der Waals surface area contributed by atoms with Crippen molar-refractivity contribution in [3.05, 3.63) is 0 Å². The fraction of sp³-hybridized carbons (Fsp3) is 1.00. The average molecular weight is 579 g/mol. The van der Waals surface area contributed by atoms with E-state index in [0.717, 1.165) is 0 Å². The summed E-state index contributed by atoms with van der Waals surface area (Å²) >= 11 is 0. The van der Waals surface area contributed by atoms with E-state index in [2.05, 4.69) is 0 Å². The highest BCUT2D eigenvalue weighted by Crippen LogP contribution is 2.32. The van der Waals surface area contributed by atoms with Crippen LogP contribution in [-0.2, 0) is 28.4 Å².